The number of nitrogens with one attached hydrogen (secondary N) is 1. The fourth-order valence-corrected chi connectivity index (χ4v) is 2.26. The van der Waals surface area contributed by atoms with Gasteiger partial charge in [-0.1, -0.05) is 18.2 Å². The predicted molar refractivity (Wildman–Crippen MR) is 63.9 cm³/mol. The first kappa shape index (κ1) is 9.50. The van der Waals surface area contributed by atoms with Gasteiger partial charge in [0.2, 0.25) is 0 Å². The highest BCUT2D eigenvalue weighted by Gasteiger charge is 2.23. The Morgan fingerprint density at radius 3 is 3.06 bits per heavy atom. The molecule has 0 saturated carbocycles. The average molecular weight is 231 g/mol. The molecule has 0 spiro atoms. The molecule has 5 heteroatoms. The van der Waals surface area contributed by atoms with Crippen LogP contribution in [0.15, 0.2) is 29.8 Å². The van der Waals surface area contributed by atoms with Gasteiger partial charge in [0.05, 0.1) is 0 Å². The molecule has 2 N–H and O–H groups in total. The number of hydrogen-bond acceptors (Lipinski definition) is 5. The molecular formula is C11H9N3OS. The summed E-state index contributed by atoms with van der Waals surface area (Å²) in [4.78, 5) is 0. The Bertz CT molecular complexity index is 536. The highest BCUT2D eigenvalue weighted by Crippen LogP contribution is 2.35. The van der Waals surface area contributed by atoms with Crippen molar-refractivity contribution >= 4 is 28.7 Å². The van der Waals surface area contributed by atoms with Crippen LogP contribution in [0.3, 0.4) is 0 Å². The zero-order valence-electron chi connectivity index (χ0n) is 8.29. The third-order valence-electron chi connectivity index (χ3n) is 2.48. The largest absolute Gasteiger partial charge is 0.369 e. The topological polar surface area (TPSA) is 58.0 Å². The maximum Gasteiger partial charge on any atom is 0.151 e. The average Bonchev–Trinajstić information content (AvgIpc) is 2.89. The SMILES string of the molecule is OC1Nc2ccccc2/C1=C/c1nncs1. The van der Waals surface area contributed by atoms with Gasteiger partial charge in [0.25, 0.3) is 0 Å². The summed E-state index contributed by atoms with van der Waals surface area (Å²) in [5.41, 5.74) is 4.48. The van der Waals surface area contributed by atoms with Gasteiger partial charge in [-0.25, -0.2) is 0 Å². The fourth-order valence-electron chi connectivity index (χ4n) is 1.77. The number of aromatic nitrogens is 2. The van der Waals surface area contributed by atoms with Crippen LogP contribution >= 0.6 is 11.3 Å². The van der Waals surface area contributed by atoms with Gasteiger partial charge in [-0.2, -0.15) is 0 Å². The van der Waals surface area contributed by atoms with Gasteiger partial charge < -0.3 is 10.4 Å². The van der Waals surface area contributed by atoms with E-state index in [9.17, 15) is 5.11 Å². The zero-order valence-corrected chi connectivity index (χ0v) is 9.11. The summed E-state index contributed by atoms with van der Waals surface area (Å²) in [7, 11) is 0. The van der Waals surface area contributed by atoms with Crippen LogP contribution in [0.4, 0.5) is 5.69 Å². The van der Waals surface area contributed by atoms with E-state index in [1.165, 1.54) is 11.3 Å². The quantitative estimate of drug-likeness (QED) is 0.786. The number of aliphatic hydroxyl groups excluding tert-OH is 1. The monoisotopic (exact) mass is 231 g/mol. The standard InChI is InChI=1S/C11H9N3OS/c15-11-8(5-10-14-12-6-16-10)7-3-1-2-4-9(7)13-11/h1-6,11,13,15H/b8-5-. The van der Waals surface area contributed by atoms with E-state index in [-0.39, 0.29) is 0 Å². The van der Waals surface area contributed by atoms with E-state index in [0.29, 0.717) is 0 Å². The van der Waals surface area contributed by atoms with Gasteiger partial charge in [0.15, 0.2) is 6.23 Å². The molecule has 16 heavy (non-hydrogen) atoms. The Morgan fingerprint density at radius 2 is 2.25 bits per heavy atom. The summed E-state index contributed by atoms with van der Waals surface area (Å²) in [6.07, 6.45) is 1.20. The van der Waals surface area contributed by atoms with Crippen LogP contribution in [0, 0.1) is 0 Å². The van der Waals surface area contributed by atoms with E-state index in [2.05, 4.69) is 15.5 Å². The fraction of sp³-hybridized carbons (Fsp3) is 0.0909. The maximum absolute atomic E-state index is 9.89. The van der Waals surface area contributed by atoms with Crippen LogP contribution in [0.25, 0.3) is 11.6 Å². The Hall–Kier alpha value is -1.72. The highest BCUT2D eigenvalue weighted by molar-refractivity contribution is 7.10. The van der Waals surface area contributed by atoms with Gasteiger partial charge in [-0.3, -0.25) is 0 Å². The molecule has 2 heterocycles. The number of hydrogen-bond donors (Lipinski definition) is 2. The van der Waals surface area contributed by atoms with Crippen LogP contribution in [-0.4, -0.2) is 21.5 Å². The van der Waals surface area contributed by atoms with Gasteiger partial charge in [0, 0.05) is 16.8 Å². The van der Waals surface area contributed by atoms with E-state index < -0.39 is 6.23 Å². The number of aliphatic hydroxyl groups is 1. The molecule has 0 aliphatic carbocycles. The number of fused-ring (bicyclic) bond motifs is 1. The molecule has 1 unspecified atom stereocenters. The van der Waals surface area contributed by atoms with Gasteiger partial charge >= 0.3 is 0 Å². The second-order valence-corrected chi connectivity index (χ2v) is 4.33. The van der Waals surface area contributed by atoms with Crippen molar-refractivity contribution in [3.63, 3.8) is 0 Å². The molecule has 1 aromatic carbocycles. The highest BCUT2D eigenvalue weighted by atomic mass is 32.1. The molecule has 4 nitrogen and oxygen atoms in total. The Labute approximate surface area is 96.3 Å². The van der Waals surface area contributed by atoms with Crippen molar-refractivity contribution < 1.29 is 5.11 Å². The molecule has 80 valence electrons. The first-order valence-corrected chi connectivity index (χ1v) is 5.74. The maximum atomic E-state index is 9.89. The summed E-state index contributed by atoms with van der Waals surface area (Å²) >= 11 is 1.45. The summed E-state index contributed by atoms with van der Waals surface area (Å²) < 4.78 is 0. The van der Waals surface area contributed by atoms with Crippen molar-refractivity contribution in [1.29, 1.82) is 0 Å². The first-order valence-electron chi connectivity index (χ1n) is 4.86. The lowest BCUT2D eigenvalue weighted by Gasteiger charge is -2.03. The molecule has 1 aromatic heterocycles. The first-order chi connectivity index (χ1) is 7.84. The van der Waals surface area contributed by atoms with Crippen molar-refractivity contribution in [1.82, 2.24) is 10.2 Å². The predicted octanol–water partition coefficient (Wildman–Crippen LogP) is 1.82. The molecule has 1 atom stereocenters. The third kappa shape index (κ3) is 1.50. The second-order valence-electron chi connectivity index (χ2n) is 3.47. The second kappa shape index (κ2) is 3.70. The molecule has 3 rings (SSSR count). The minimum atomic E-state index is -0.665. The molecular weight excluding hydrogens is 222 g/mol. The Morgan fingerprint density at radius 1 is 1.38 bits per heavy atom. The summed E-state index contributed by atoms with van der Waals surface area (Å²) in [6.45, 7) is 0. The van der Waals surface area contributed by atoms with E-state index in [1.54, 1.807) is 5.51 Å². The van der Waals surface area contributed by atoms with Gasteiger partial charge in [-0.05, 0) is 12.1 Å². The van der Waals surface area contributed by atoms with Crippen LogP contribution < -0.4 is 5.32 Å². The normalized spacial score (nSPS) is 20.8. The lowest BCUT2D eigenvalue weighted by atomic mass is 10.1. The lowest BCUT2D eigenvalue weighted by Crippen LogP contribution is -2.12. The number of anilines is 1. The molecule has 2 aromatic rings. The van der Waals surface area contributed by atoms with E-state index in [0.717, 1.165) is 21.8 Å². The molecule has 1 aliphatic heterocycles. The van der Waals surface area contributed by atoms with Crippen molar-refractivity contribution in [2.75, 3.05) is 5.32 Å². The van der Waals surface area contributed by atoms with Crippen LogP contribution in [0.1, 0.15) is 10.6 Å². The summed E-state index contributed by atoms with van der Waals surface area (Å²) in [5.74, 6) is 0. The molecule has 1 aliphatic rings. The van der Waals surface area contributed by atoms with E-state index in [1.807, 2.05) is 30.3 Å². The molecule has 0 fully saturated rings. The minimum Gasteiger partial charge on any atom is -0.369 e. The number of nitrogens with zero attached hydrogens (tertiary/aromatic N) is 2. The van der Waals surface area contributed by atoms with Crippen molar-refractivity contribution in [2.45, 2.75) is 6.23 Å². The lowest BCUT2D eigenvalue weighted by molar-refractivity contribution is 0.266. The number of benzene rings is 1. The summed E-state index contributed by atoms with van der Waals surface area (Å²) in [6, 6.07) is 7.81. The number of para-hydroxylation sites is 1. The van der Waals surface area contributed by atoms with Gasteiger partial charge in [0.1, 0.15) is 10.5 Å². The van der Waals surface area contributed by atoms with Crippen LogP contribution in [0.5, 0.6) is 0 Å². The zero-order chi connectivity index (χ0) is 11.0. The van der Waals surface area contributed by atoms with Crippen molar-refractivity contribution in [3.8, 4) is 0 Å². The minimum absolute atomic E-state index is 0.665. The smallest absolute Gasteiger partial charge is 0.151 e. The summed E-state index contributed by atoms with van der Waals surface area (Å²) in [5, 5.41) is 21.4. The van der Waals surface area contributed by atoms with Crippen LogP contribution in [0.2, 0.25) is 0 Å². The molecule has 0 bridgehead atoms. The van der Waals surface area contributed by atoms with Crippen LogP contribution in [-0.2, 0) is 0 Å². The van der Waals surface area contributed by atoms with E-state index in [4.69, 9.17) is 0 Å². The van der Waals surface area contributed by atoms with E-state index >= 15 is 0 Å². The van der Waals surface area contributed by atoms with Crippen molar-refractivity contribution in [2.24, 2.45) is 0 Å². The van der Waals surface area contributed by atoms with Gasteiger partial charge in [-0.15, -0.1) is 21.5 Å². The number of rotatable bonds is 1. The Kier molecular flexibility index (Phi) is 2.19. The molecule has 0 radical (unpaired) electrons. The Balaban J connectivity index is 2.08. The third-order valence-corrected chi connectivity index (χ3v) is 3.12. The molecule has 0 amide bonds. The molecule has 0 saturated heterocycles. The van der Waals surface area contributed by atoms with Crippen molar-refractivity contribution in [3.05, 3.63) is 40.3 Å².